The van der Waals surface area contributed by atoms with Gasteiger partial charge in [0.05, 0.1) is 12.9 Å². The van der Waals surface area contributed by atoms with Crippen LogP contribution in [-0.4, -0.2) is 49.1 Å². The van der Waals surface area contributed by atoms with Gasteiger partial charge < -0.3 is 15.5 Å². The molecule has 10 nitrogen and oxygen atoms in total. The number of rotatable bonds is 8. The van der Waals surface area contributed by atoms with Gasteiger partial charge in [0.1, 0.15) is 5.82 Å². The van der Waals surface area contributed by atoms with E-state index < -0.39 is 5.91 Å². The molecule has 1 aliphatic heterocycles. The number of likely N-dealkylation sites (tertiary alicyclic amines) is 1. The minimum atomic E-state index is -0.406. The van der Waals surface area contributed by atoms with Gasteiger partial charge in [-0.25, -0.2) is 9.67 Å². The number of nitrogens with one attached hydrogen (secondary N) is 1. The molecule has 0 unspecified atom stereocenters. The van der Waals surface area contributed by atoms with Crippen molar-refractivity contribution >= 4 is 29.9 Å². The van der Waals surface area contributed by atoms with Gasteiger partial charge >= 0.3 is 0 Å². The van der Waals surface area contributed by atoms with E-state index in [1.165, 1.54) is 0 Å². The molecule has 11 heteroatoms. The molecule has 0 radical (unpaired) electrons. The molecule has 0 aliphatic carbocycles. The van der Waals surface area contributed by atoms with E-state index in [1.54, 1.807) is 33.8 Å². The van der Waals surface area contributed by atoms with Crippen molar-refractivity contribution in [3.8, 4) is 11.6 Å². The third-order valence-corrected chi connectivity index (χ3v) is 6.13. The molecule has 1 fully saturated rings. The summed E-state index contributed by atoms with van der Waals surface area (Å²) in [6.07, 6.45) is 4.93. The normalized spacial score (nSPS) is 14.9. The van der Waals surface area contributed by atoms with Crippen LogP contribution < -0.4 is 11.1 Å². The molecular formula is C22H27N7O3S. The predicted octanol–water partition coefficient (Wildman–Crippen LogP) is 2.56. The molecule has 33 heavy (non-hydrogen) atoms. The number of pyridine rings is 1. The number of carbonyl (C=O) groups is 2. The molecule has 3 aromatic heterocycles. The van der Waals surface area contributed by atoms with Crippen LogP contribution in [0.3, 0.4) is 0 Å². The average molecular weight is 470 g/mol. The number of piperidine rings is 1. The summed E-state index contributed by atoms with van der Waals surface area (Å²) in [7, 11) is 0. The lowest BCUT2D eigenvalue weighted by molar-refractivity contribution is -0.121. The third kappa shape index (κ3) is 5.55. The second-order valence-electron chi connectivity index (χ2n) is 8.19. The number of anilines is 1. The van der Waals surface area contributed by atoms with Crippen LogP contribution in [0.1, 0.15) is 24.8 Å². The van der Waals surface area contributed by atoms with Crippen LogP contribution >= 0.6 is 12.2 Å². The Morgan fingerprint density at radius 1 is 1.27 bits per heavy atom. The van der Waals surface area contributed by atoms with E-state index in [0.29, 0.717) is 35.4 Å². The summed E-state index contributed by atoms with van der Waals surface area (Å²) in [6, 6.07) is 7.32. The van der Waals surface area contributed by atoms with Crippen LogP contribution in [0.4, 0.5) is 5.82 Å². The first-order valence-electron chi connectivity index (χ1n) is 10.9. The number of furan rings is 1. The minimum absolute atomic E-state index is 0.00144. The van der Waals surface area contributed by atoms with Gasteiger partial charge in [-0.2, -0.15) is 0 Å². The molecular weight excluding hydrogens is 442 g/mol. The van der Waals surface area contributed by atoms with E-state index in [9.17, 15) is 9.59 Å². The Labute approximate surface area is 196 Å². The van der Waals surface area contributed by atoms with Crippen molar-refractivity contribution in [2.24, 2.45) is 11.7 Å². The fourth-order valence-corrected chi connectivity index (χ4v) is 4.12. The van der Waals surface area contributed by atoms with Crippen molar-refractivity contribution in [3.63, 3.8) is 0 Å². The maximum absolute atomic E-state index is 12.6. The Kier molecular flexibility index (Phi) is 6.99. The Balaban J connectivity index is 1.39. The van der Waals surface area contributed by atoms with Gasteiger partial charge in [0.25, 0.3) is 0 Å². The first kappa shape index (κ1) is 22.9. The van der Waals surface area contributed by atoms with Gasteiger partial charge in [0.15, 0.2) is 16.4 Å². The number of hydrogen-bond acceptors (Lipinski definition) is 7. The van der Waals surface area contributed by atoms with Crippen LogP contribution in [-0.2, 0) is 22.8 Å². The highest BCUT2D eigenvalue weighted by atomic mass is 32.1. The largest absolute Gasteiger partial charge is 0.461 e. The van der Waals surface area contributed by atoms with Gasteiger partial charge in [-0.3, -0.25) is 19.1 Å². The molecule has 1 aliphatic rings. The van der Waals surface area contributed by atoms with Gasteiger partial charge in [0, 0.05) is 38.2 Å². The van der Waals surface area contributed by atoms with Crippen molar-refractivity contribution in [2.45, 2.75) is 39.4 Å². The SMILES string of the molecule is Cc1ccc(NC(=O)C2CCN(Cn3nc(-c4ccco4)n(CCC(N)=O)c3=S)CC2)nc1. The topological polar surface area (TPSA) is 124 Å². The Hall–Kier alpha value is -3.31. The number of nitrogens with two attached hydrogens (primary N) is 1. The summed E-state index contributed by atoms with van der Waals surface area (Å²) in [5.74, 6) is 1.24. The van der Waals surface area contributed by atoms with E-state index >= 15 is 0 Å². The molecule has 1 saturated heterocycles. The number of hydrogen-bond donors (Lipinski definition) is 2. The Bertz CT molecular complexity index is 1160. The maximum Gasteiger partial charge on any atom is 0.228 e. The molecule has 0 bridgehead atoms. The zero-order chi connectivity index (χ0) is 23.4. The van der Waals surface area contributed by atoms with Gasteiger partial charge in [-0.05, 0) is 55.7 Å². The Morgan fingerprint density at radius 3 is 2.70 bits per heavy atom. The number of nitrogens with zero attached hydrogens (tertiary/aromatic N) is 5. The predicted molar refractivity (Wildman–Crippen MR) is 124 cm³/mol. The summed E-state index contributed by atoms with van der Waals surface area (Å²) in [5, 5.41) is 7.55. The molecule has 2 amide bonds. The van der Waals surface area contributed by atoms with E-state index in [0.717, 1.165) is 31.5 Å². The summed E-state index contributed by atoms with van der Waals surface area (Å²) >= 11 is 5.63. The number of aromatic nitrogens is 4. The van der Waals surface area contributed by atoms with E-state index in [4.69, 9.17) is 22.4 Å². The van der Waals surface area contributed by atoms with E-state index in [-0.39, 0.29) is 18.2 Å². The quantitative estimate of drug-likeness (QED) is 0.486. The standard InChI is InChI=1S/C22H27N7O3S/c1-15-4-5-19(24-13-15)25-21(31)16-6-9-27(10-7-16)14-29-22(33)28(11-8-18(23)30)20(26-29)17-3-2-12-32-17/h2-5,12-13,16H,6-11,14H2,1H3,(H2,23,30)(H,24,25,31). The Morgan fingerprint density at radius 2 is 2.06 bits per heavy atom. The molecule has 0 spiro atoms. The lowest BCUT2D eigenvalue weighted by atomic mass is 9.96. The van der Waals surface area contributed by atoms with E-state index in [1.807, 2.05) is 19.1 Å². The van der Waals surface area contributed by atoms with Crippen LogP contribution in [0.15, 0.2) is 41.1 Å². The zero-order valence-electron chi connectivity index (χ0n) is 18.4. The first-order valence-corrected chi connectivity index (χ1v) is 11.3. The maximum atomic E-state index is 12.6. The van der Waals surface area contributed by atoms with Crippen molar-refractivity contribution in [1.29, 1.82) is 0 Å². The molecule has 0 aromatic carbocycles. The summed E-state index contributed by atoms with van der Waals surface area (Å²) in [5.41, 5.74) is 6.37. The molecule has 3 N–H and O–H groups in total. The van der Waals surface area contributed by atoms with Crippen LogP contribution in [0.2, 0.25) is 0 Å². The molecule has 4 rings (SSSR count). The van der Waals surface area contributed by atoms with Crippen LogP contribution in [0, 0.1) is 17.6 Å². The highest BCUT2D eigenvalue weighted by Crippen LogP contribution is 2.22. The fraction of sp³-hybridized carbons (Fsp3) is 0.409. The summed E-state index contributed by atoms with van der Waals surface area (Å²) in [6.45, 7) is 4.26. The lowest BCUT2D eigenvalue weighted by Crippen LogP contribution is -2.39. The number of primary amides is 1. The monoisotopic (exact) mass is 469 g/mol. The van der Waals surface area contributed by atoms with Gasteiger partial charge in [-0.1, -0.05) is 6.07 Å². The highest BCUT2D eigenvalue weighted by molar-refractivity contribution is 7.71. The van der Waals surface area contributed by atoms with Gasteiger partial charge in [0.2, 0.25) is 11.8 Å². The third-order valence-electron chi connectivity index (χ3n) is 5.70. The number of amides is 2. The summed E-state index contributed by atoms with van der Waals surface area (Å²) in [4.78, 5) is 30.4. The van der Waals surface area contributed by atoms with E-state index in [2.05, 4.69) is 20.3 Å². The molecule has 174 valence electrons. The zero-order valence-corrected chi connectivity index (χ0v) is 19.3. The van der Waals surface area contributed by atoms with Crippen LogP contribution in [0.5, 0.6) is 0 Å². The first-order chi connectivity index (χ1) is 15.9. The van der Waals surface area contributed by atoms with Gasteiger partial charge in [-0.15, -0.1) is 5.10 Å². The number of carbonyl (C=O) groups excluding carboxylic acids is 2. The molecule has 0 saturated carbocycles. The second-order valence-corrected chi connectivity index (χ2v) is 8.56. The van der Waals surface area contributed by atoms with Crippen molar-refractivity contribution in [2.75, 3.05) is 18.4 Å². The molecule has 3 aromatic rings. The summed E-state index contributed by atoms with van der Waals surface area (Å²) < 4.78 is 9.49. The average Bonchev–Trinajstić information content (AvgIpc) is 3.43. The number of aryl methyl sites for hydroxylation is 1. The smallest absolute Gasteiger partial charge is 0.228 e. The minimum Gasteiger partial charge on any atom is -0.461 e. The molecule has 0 atom stereocenters. The second kappa shape index (κ2) is 10.1. The van der Waals surface area contributed by atoms with Crippen LogP contribution in [0.25, 0.3) is 11.6 Å². The van der Waals surface area contributed by atoms with Crippen molar-refractivity contribution in [3.05, 3.63) is 47.1 Å². The fourth-order valence-electron chi connectivity index (χ4n) is 3.84. The van der Waals surface area contributed by atoms with Crippen molar-refractivity contribution < 1.29 is 14.0 Å². The highest BCUT2D eigenvalue weighted by Gasteiger charge is 2.26. The molecule has 4 heterocycles. The lowest BCUT2D eigenvalue weighted by Gasteiger charge is -2.30. The van der Waals surface area contributed by atoms with Crippen molar-refractivity contribution in [1.82, 2.24) is 24.2 Å².